The molecule has 0 atom stereocenters. The van der Waals surface area contributed by atoms with Gasteiger partial charge in [0.05, 0.1) is 11.4 Å². The minimum Gasteiger partial charge on any atom is -0.294 e. The van der Waals surface area contributed by atoms with Crippen LogP contribution in [0.25, 0.3) is 0 Å². The number of likely N-dealkylation sites (N-methyl/N-ethyl adjacent to an activating group) is 2. The predicted octanol–water partition coefficient (Wildman–Crippen LogP) is 5.74. The Bertz CT molecular complexity index is 1290. The number of fused-ring (bicyclic) bond motifs is 1. The highest BCUT2D eigenvalue weighted by atomic mass is 32.1. The first-order chi connectivity index (χ1) is 17.6. The number of anilines is 4. The van der Waals surface area contributed by atoms with Crippen LogP contribution in [0, 0.1) is 0 Å². The molecule has 3 aromatic rings. The smallest absolute Gasteiger partial charge is 0.265 e. The van der Waals surface area contributed by atoms with E-state index in [4.69, 9.17) is 12.2 Å². The first-order valence-electron chi connectivity index (χ1n) is 12.0. The van der Waals surface area contributed by atoms with Crippen LogP contribution in [0.15, 0.2) is 108 Å². The van der Waals surface area contributed by atoms with E-state index >= 15 is 0 Å². The molecule has 0 saturated carbocycles. The fourth-order valence-electron chi connectivity index (χ4n) is 4.59. The highest BCUT2D eigenvalue weighted by Gasteiger charge is 2.38. The number of hydrogen-bond donors (Lipinski definition) is 0. The van der Waals surface area contributed by atoms with E-state index in [1.807, 2.05) is 92.7 Å². The topological polar surface area (TPSA) is 47.1 Å². The Balaban J connectivity index is 1.70. The molecule has 3 aromatic carbocycles. The monoisotopic (exact) mass is 494 g/mol. The molecule has 0 bridgehead atoms. The summed E-state index contributed by atoms with van der Waals surface area (Å²) in [4.78, 5) is 33.7. The third kappa shape index (κ3) is 3.87. The molecular formula is C29H26N4O2S. The molecule has 2 aliphatic rings. The number of carbonyl (C=O) groups excluding carboxylic acids is 2. The molecular weight excluding hydrogens is 468 g/mol. The number of thiocarbonyl (C=S) groups is 1. The molecule has 2 heterocycles. The van der Waals surface area contributed by atoms with Crippen LogP contribution in [0.1, 0.15) is 13.8 Å². The molecule has 0 spiro atoms. The molecule has 7 heteroatoms. The Hall–Kier alpha value is -4.23. The van der Waals surface area contributed by atoms with E-state index in [2.05, 4.69) is 21.9 Å². The summed E-state index contributed by atoms with van der Waals surface area (Å²) in [5.41, 5.74) is 4.05. The Morgan fingerprint density at radius 3 is 1.47 bits per heavy atom. The number of amides is 2. The molecule has 0 aromatic heterocycles. The van der Waals surface area contributed by atoms with Gasteiger partial charge in [0.15, 0.2) is 5.11 Å². The van der Waals surface area contributed by atoms with E-state index in [-0.39, 0.29) is 22.5 Å². The summed E-state index contributed by atoms with van der Waals surface area (Å²) in [7, 11) is 0. The molecule has 1 saturated heterocycles. The number of hydrogen-bond acceptors (Lipinski definition) is 5. The Morgan fingerprint density at radius 1 is 0.639 bits per heavy atom. The van der Waals surface area contributed by atoms with Gasteiger partial charge < -0.3 is 0 Å². The van der Waals surface area contributed by atoms with Crippen molar-refractivity contribution in [1.29, 1.82) is 0 Å². The highest BCUT2D eigenvalue weighted by molar-refractivity contribution is 7.80. The summed E-state index contributed by atoms with van der Waals surface area (Å²) in [5.74, 6) is 0.0603. The van der Waals surface area contributed by atoms with Crippen LogP contribution in [0.3, 0.4) is 0 Å². The SMILES string of the molecule is CCN1C(=O)C(=CC=C2N(c3ccccc3)c3ccccc3N2c2ccccc2)C(=O)N(CC)C1=S. The fraction of sp³-hybridized carbons (Fsp3) is 0.138. The Kier molecular flexibility index (Phi) is 6.40. The molecule has 0 radical (unpaired) electrons. The van der Waals surface area contributed by atoms with Gasteiger partial charge in [-0.05, 0) is 74.6 Å². The Labute approximate surface area is 216 Å². The van der Waals surface area contributed by atoms with Crippen molar-refractivity contribution >= 4 is 51.9 Å². The molecule has 180 valence electrons. The highest BCUT2D eigenvalue weighted by Crippen LogP contribution is 2.49. The van der Waals surface area contributed by atoms with Gasteiger partial charge in [-0.15, -0.1) is 0 Å². The van der Waals surface area contributed by atoms with Crippen LogP contribution in [0.5, 0.6) is 0 Å². The van der Waals surface area contributed by atoms with E-state index in [0.717, 1.165) is 28.6 Å². The van der Waals surface area contributed by atoms with E-state index in [9.17, 15) is 9.59 Å². The lowest BCUT2D eigenvalue weighted by atomic mass is 10.1. The van der Waals surface area contributed by atoms with Crippen molar-refractivity contribution in [1.82, 2.24) is 9.80 Å². The molecule has 5 rings (SSSR count). The number of allylic oxidation sites excluding steroid dienone is 2. The van der Waals surface area contributed by atoms with Crippen molar-refractivity contribution in [3.8, 4) is 0 Å². The minimum absolute atomic E-state index is 0.0942. The van der Waals surface area contributed by atoms with Crippen LogP contribution < -0.4 is 9.80 Å². The quantitative estimate of drug-likeness (QED) is 0.257. The van der Waals surface area contributed by atoms with Gasteiger partial charge in [0.1, 0.15) is 11.4 Å². The number of benzene rings is 3. The van der Waals surface area contributed by atoms with Gasteiger partial charge in [0.2, 0.25) is 0 Å². The lowest BCUT2D eigenvalue weighted by Gasteiger charge is -2.35. The molecule has 36 heavy (non-hydrogen) atoms. The van der Waals surface area contributed by atoms with Crippen LogP contribution in [-0.2, 0) is 9.59 Å². The van der Waals surface area contributed by atoms with Crippen molar-refractivity contribution in [2.75, 3.05) is 22.9 Å². The maximum absolute atomic E-state index is 13.2. The zero-order valence-corrected chi connectivity index (χ0v) is 21.0. The number of carbonyl (C=O) groups is 2. The van der Waals surface area contributed by atoms with Crippen molar-refractivity contribution in [3.05, 3.63) is 108 Å². The van der Waals surface area contributed by atoms with Gasteiger partial charge >= 0.3 is 0 Å². The summed E-state index contributed by atoms with van der Waals surface area (Å²) >= 11 is 5.41. The van der Waals surface area contributed by atoms with Crippen LogP contribution in [0.2, 0.25) is 0 Å². The number of para-hydroxylation sites is 4. The third-order valence-electron chi connectivity index (χ3n) is 6.29. The standard InChI is InChI=1S/C29H26N4O2S/c1-3-30-27(34)23(28(35)31(4-2)29(30)36)19-20-26-32(21-13-7-5-8-14-21)24-17-11-12-18-25(24)33(26)22-15-9-6-10-16-22/h5-20H,3-4H2,1-2H3. The third-order valence-corrected chi connectivity index (χ3v) is 6.74. The average molecular weight is 495 g/mol. The second-order valence-corrected chi connectivity index (χ2v) is 8.68. The van der Waals surface area contributed by atoms with E-state index in [1.54, 1.807) is 6.08 Å². The summed E-state index contributed by atoms with van der Waals surface area (Å²) in [5, 5.41) is 0.255. The maximum atomic E-state index is 13.2. The normalized spacial score (nSPS) is 15.6. The predicted molar refractivity (Wildman–Crippen MR) is 147 cm³/mol. The Morgan fingerprint density at radius 2 is 1.06 bits per heavy atom. The van der Waals surface area contributed by atoms with Gasteiger partial charge in [-0.3, -0.25) is 29.2 Å². The number of rotatable bonds is 5. The second kappa shape index (κ2) is 9.79. The lowest BCUT2D eigenvalue weighted by molar-refractivity contribution is -0.133. The fourth-order valence-corrected chi connectivity index (χ4v) is 5.02. The van der Waals surface area contributed by atoms with E-state index < -0.39 is 0 Å². The van der Waals surface area contributed by atoms with Crippen LogP contribution in [-0.4, -0.2) is 39.8 Å². The van der Waals surface area contributed by atoms with Crippen molar-refractivity contribution in [2.45, 2.75) is 13.8 Å². The summed E-state index contributed by atoms with van der Waals surface area (Å²) in [6.45, 7) is 4.50. The lowest BCUT2D eigenvalue weighted by Crippen LogP contribution is -2.55. The maximum Gasteiger partial charge on any atom is 0.265 e. The summed E-state index contributed by atoms with van der Waals surface area (Å²) < 4.78 is 0. The van der Waals surface area contributed by atoms with E-state index in [1.165, 1.54) is 9.80 Å². The molecule has 2 aliphatic heterocycles. The van der Waals surface area contributed by atoms with Crippen molar-refractivity contribution < 1.29 is 9.59 Å². The van der Waals surface area contributed by atoms with Crippen molar-refractivity contribution in [2.24, 2.45) is 0 Å². The average Bonchev–Trinajstić information content (AvgIpc) is 3.24. The molecule has 0 aliphatic carbocycles. The molecule has 1 fully saturated rings. The van der Waals surface area contributed by atoms with Gasteiger partial charge in [-0.2, -0.15) is 0 Å². The molecule has 0 N–H and O–H groups in total. The summed E-state index contributed by atoms with van der Waals surface area (Å²) in [6, 6.07) is 28.2. The van der Waals surface area contributed by atoms with Gasteiger partial charge in [0.25, 0.3) is 11.8 Å². The largest absolute Gasteiger partial charge is 0.294 e. The van der Waals surface area contributed by atoms with Crippen LogP contribution >= 0.6 is 12.2 Å². The zero-order valence-electron chi connectivity index (χ0n) is 20.2. The van der Waals surface area contributed by atoms with Gasteiger partial charge in [-0.25, -0.2) is 0 Å². The van der Waals surface area contributed by atoms with E-state index in [0.29, 0.717) is 13.1 Å². The van der Waals surface area contributed by atoms with Crippen molar-refractivity contribution in [3.63, 3.8) is 0 Å². The zero-order chi connectivity index (χ0) is 25.2. The first kappa shape index (κ1) is 23.5. The first-order valence-corrected chi connectivity index (χ1v) is 12.4. The van der Waals surface area contributed by atoms with Gasteiger partial charge in [0, 0.05) is 24.5 Å². The molecule has 2 amide bonds. The van der Waals surface area contributed by atoms with Crippen LogP contribution in [0.4, 0.5) is 22.7 Å². The molecule has 0 unspecified atom stereocenters. The second-order valence-electron chi connectivity index (χ2n) is 8.32. The number of nitrogens with zero attached hydrogens (tertiary/aromatic N) is 4. The summed E-state index contributed by atoms with van der Waals surface area (Å²) in [6.07, 6.45) is 3.48. The minimum atomic E-state index is -0.373. The van der Waals surface area contributed by atoms with Gasteiger partial charge in [-0.1, -0.05) is 48.5 Å². The molecule has 6 nitrogen and oxygen atoms in total.